The molecule has 106 valence electrons. The van der Waals surface area contributed by atoms with Gasteiger partial charge in [-0.05, 0) is 25.0 Å². The van der Waals surface area contributed by atoms with E-state index in [1.807, 2.05) is 18.7 Å². The molecule has 1 atom stereocenters. The first-order valence-electron chi connectivity index (χ1n) is 5.85. The number of nitrogens with zero attached hydrogens (tertiary/aromatic N) is 3. The van der Waals surface area contributed by atoms with Gasteiger partial charge in [-0.1, -0.05) is 11.6 Å². The van der Waals surface area contributed by atoms with Crippen LogP contribution in [0.4, 0.5) is 5.82 Å². The molecule has 0 saturated carbocycles. The molecular formula is C11H16ClN3O2S2. The third-order valence-electron chi connectivity index (χ3n) is 3.29. The molecular weight excluding hydrogens is 306 g/mol. The molecule has 5 nitrogen and oxygen atoms in total. The zero-order valence-electron chi connectivity index (χ0n) is 11.1. The number of hydrogen-bond acceptors (Lipinski definition) is 6. The maximum Gasteiger partial charge on any atom is 0.169 e. The Kier molecular flexibility index (Phi) is 4.27. The molecule has 8 heteroatoms. The monoisotopic (exact) mass is 321 g/mol. The zero-order valence-corrected chi connectivity index (χ0v) is 13.4. The van der Waals surface area contributed by atoms with Crippen molar-refractivity contribution in [3.05, 3.63) is 16.3 Å². The smallest absolute Gasteiger partial charge is 0.169 e. The normalized spacial score (nSPS) is 20.6. The molecule has 1 aliphatic rings. The Labute approximate surface area is 122 Å². The van der Waals surface area contributed by atoms with Crippen LogP contribution in [0.15, 0.2) is 0 Å². The van der Waals surface area contributed by atoms with E-state index in [0.717, 1.165) is 16.9 Å². The van der Waals surface area contributed by atoms with E-state index < -0.39 is 15.2 Å². The van der Waals surface area contributed by atoms with Crippen LogP contribution in [-0.2, 0) is 9.84 Å². The zero-order chi connectivity index (χ0) is 14.2. The van der Waals surface area contributed by atoms with Gasteiger partial charge in [0.25, 0.3) is 0 Å². The summed E-state index contributed by atoms with van der Waals surface area (Å²) in [5.74, 6) is 2.06. The Balaban J connectivity index is 2.47. The Bertz CT molecular complexity index is 592. The van der Waals surface area contributed by atoms with Crippen LogP contribution in [0.2, 0.25) is 5.15 Å². The van der Waals surface area contributed by atoms with Crippen LogP contribution < -0.4 is 4.90 Å². The van der Waals surface area contributed by atoms with Gasteiger partial charge < -0.3 is 4.90 Å². The molecule has 19 heavy (non-hydrogen) atoms. The highest BCUT2D eigenvalue weighted by Gasteiger charge is 2.33. The first kappa shape index (κ1) is 14.9. The van der Waals surface area contributed by atoms with Gasteiger partial charge in [-0.2, -0.15) is 11.8 Å². The molecule has 0 aliphatic carbocycles. The van der Waals surface area contributed by atoms with E-state index in [-0.39, 0.29) is 0 Å². The van der Waals surface area contributed by atoms with Gasteiger partial charge >= 0.3 is 0 Å². The Morgan fingerprint density at radius 2 is 2.00 bits per heavy atom. The van der Waals surface area contributed by atoms with E-state index in [9.17, 15) is 8.42 Å². The van der Waals surface area contributed by atoms with E-state index in [0.29, 0.717) is 23.3 Å². The molecule has 1 unspecified atom stereocenters. The molecule has 0 spiro atoms. The highest BCUT2D eigenvalue weighted by atomic mass is 35.5. The lowest BCUT2D eigenvalue weighted by Gasteiger charge is -2.35. The highest BCUT2D eigenvalue weighted by molar-refractivity contribution is 8.01. The summed E-state index contributed by atoms with van der Waals surface area (Å²) >= 11 is 7.58. The van der Waals surface area contributed by atoms with Gasteiger partial charge in [0.05, 0.1) is 0 Å². The minimum atomic E-state index is -3.16. The minimum absolute atomic E-state index is 0.364. The second-order valence-electron chi connectivity index (χ2n) is 4.62. The van der Waals surface area contributed by atoms with Crippen LogP contribution in [0.25, 0.3) is 0 Å². The fraction of sp³-hybridized carbons (Fsp3) is 0.636. The average Bonchev–Trinajstić information content (AvgIpc) is 2.35. The van der Waals surface area contributed by atoms with Crippen molar-refractivity contribution in [2.75, 3.05) is 29.2 Å². The second-order valence-corrected chi connectivity index (χ2v) is 8.33. The van der Waals surface area contributed by atoms with Crippen molar-refractivity contribution >= 4 is 39.0 Å². The van der Waals surface area contributed by atoms with Crippen LogP contribution in [0.5, 0.6) is 0 Å². The molecule has 1 aliphatic heterocycles. The Hall–Kier alpha value is -0.530. The fourth-order valence-corrected chi connectivity index (χ4v) is 5.01. The fourth-order valence-electron chi connectivity index (χ4n) is 2.01. The van der Waals surface area contributed by atoms with Crippen molar-refractivity contribution < 1.29 is 8.42 Å². The Morgan fingerprint density at radius 3 is 2.63 bits per heavy atom. The highest BCUT2D eigenvalue weighted by Crippen LogP contribution is 2.30. The molecule has 1 fully saturated rings. The summed E-state index contributed by atoms with van der Waals surface area (Å²) in [6.07, 6.45) is 1.27. The first-order chi connectivity index (χ1) is 8.82. The maximum absolute atomic E-state index is 11.9. The Morgan fingerprint density at radius 1 is 1.32 bits per heavy atom. The van der Waals surface area contributed by atoms with E-state index in [2.05, 4.69) is 10.2 Å². The lowest BCUT2D eigenvalue weighted by atomic mass is 10.2. The molecule has 0 amide bonds. The van der Waals surface area contributed by atoms with Crippen LogP contribution in [0.1, 0.15) is 11.1 Å². The second kappa shape index (κ2) is 5.46. The molecule has 1 aromatic rings. The van der Waals surface area contributed by atoms with Crippen molar-refractivity contribution in [2.24, 2.45) is 0 Å². The largest absolute Gasteiger partial charge is 0.336 e. The number of halogens is 1. The van der Waals surface area contributed by atoms with E-state index in [1.54, 1.807) is 11.8 Å². The third-order valence-corrected chi connectivity index (χ3v) is 6.29. The van der Waals surface area contributed by atoms with Gasteiger partial charge in [0, 0.05) is 24.3 Å². The van der Waals surface area contributed by atoms with E-state index in [1.165, 1.54) is 6.26 Å². The molecule has 0 radical (unpaired) electrons. The number of thioether (sulfide) groups is 1. The molecule has 0 aromatic carbocycles. The van der Waals surface area contributed by atoms with Gasteiger partial charge in [-0.15, -0.1) is 10.2 Å². The molecule has 0 N–H and O–H groups in total. The van der Waals surface area contributed by atoms with Crippen molar-refractivity contribution in [3.8, 4) is 0 Å². The number of rotatable bonds is 2. The van der Waals surface area contributed by atoms with Gasteiger partial charge in [-0.25, -0.2) is 8.42 Å². The van der Waals surface area contributed by atoms with Gasteiger partial charge in [0.1, 0.15) is 5.37 Å². The average molecular weight is 322 g/mol. The van der Waals surface area contributed by atoms with Gasteiger partial charge in [-0.3, -0.25) is 0 Å². The maximum atomic E-state index is 11.9. The van der Waals surface area contributed by atoms with Crippen molar-refractivity contribution in [1.29, 1.82) is 0 Å². The summed E-state index contributed by atoms with van der Waals surface area (Å²) in [4.78, 5) is 1.83. The molecule has 2 heterocycles. The van der Waals surface area contributed by atoms with Crippen molar-refractivity contribution in [3.63, 3.8) is 0 Å². The topological polar surface area (TPSA) is 63.2 Å². The van der Waals surface area contributed by atoms with Crippen molar-refractivity contribution in [2.45, 2.75) is 19.2 Å². The minimum Gasteiger partial charge on any atom is -0.336 e. The predicted molar refractivity (Wildman–Crippen MR) is 79.8 cm³/mol. The molecule has 2 rings (SSSR count). The first-order valence-corrected chi connectivity index (χ1v) is 9.33. The number of anilines is 1. The number of aromatic nitrogens is 2. The lowest BCUT2D eigenvalue weighted by Crippen LogP contribution is -2.47. The van der Waals surface area contributed by atoms with E-state index in [4.69, 9.17) is 11.6 Å². The third kappa shape index (κ3) is 2.98. The molecule has 0 bridgehead atoms. The standard InChI is InChI=1S/C11H16ClN3O2S2/c1-7-8(2)11(14-13-10(7)12)15-4-5-18-6-9(15)19(3,16)17/h9H,4-6H2,1-3H3. The predicted octanol–water partition coefficient (Wildman–Crippen LogP) is 1.67. The summed E-state index contributed by atoms with van der Waals surface area (Å²) in [5, 5.41) is 7.82. The summed E-state index contributed by atoms with van der Waals surface area (Å²) in [6, 6.07) is 0. The van der Waals surface area contributed by atoms with Gasteiger partial charge in [0.2, 0.25) is 0 Å². The van der Waals surface area contributed by atoms with Crippen molar-refractivity contribution in [1.82, 2.24) is 10.2 Å². The SMILES string of the molecule is Cc1c(Cl)nnc(N2CCSCC2S(C)(=O)=O)c1C. The summed E-state index contributed by atoms with van der Waals surface area (Å²) in [5.41, 5.74) is 1.73. The van der Waals surface area contributed by atoms with Crippen LogP contribution in [0.3, 0.4) is 0 Å². The molecule has 1 aromatic heterocycles. The summed E-state index contributed by atoms with van der Waals surface area (Å²) < 4.78 is 23.8. The lowest BCUT2D eigenvalue weighted by molar-refractivity contribution is 0.583. The van der Waals surface area contributed by atoms with E-state index >= 15 is 0 Å². The van der Waals surface area contributed by atoms with Crippen LogP contribution in [0, 0.1) is 13.8 Å². The van der Waals surface area contributed by atoms with Crippen LogP contribution in [-0.4, -0.2) is 48.3 Å². The molecule has 1 saturated heterocycles. The number of hydrogen-bond donors (Lipinski definition) is 0. The quantitative estimate of drug-likeness (QED) is 0.825. The summed E-state index contributed by atoms with van der Waals surface area (Å²) in [7, 11) is -3.16. The van der Waals surface area contributed by atoms with Gasteiger partial charge in [0.15, 0.2) is 20.8 Å². The van der Waals surface area contributed by atoms with Crippen LogP contribution >= 0.6 is 23.4 Å². The number of sulfone groups is 1. The summed E-state index contributed by atoms with van der Waals surface area (Å²) in [6.45, 7) is 4.41.